The molecule has 1 aliphatic rings. The van der Waals surface area contributed by atoms with Crippen molar-refractivity contribution in [1.29, 1.82) is 0 Å². The smallest absolute Gasteiger partial charge is 0.255 e. The number of carbonyl (C=O) groups is 2. The predicted octanol–water partition coefficient (Wildman–Crippen LogP) is 4.47. The van der Waals surface area contributed by atoms with E-state index in [-0.39, 0.29) is 17.7 Å². The van der Waals surface area contributed by atoms with Crippen LogP contribution in [-0.2, 0) is 4.79 Å². The van der Waals surface area contributed by atoms with Gasteiger partial charge < -0.3 is 15.4 Å². The number of methoxy groups -OCH3 is 1. The Morgan fingerprint density at radius 3 is 2.50 bits per heavy atom. The van der Waals surface area contributed by atoms with Gasteiger partial charge in [-0.25, -0.2) is 0 Å². The Morgan fingerprint density at radius 1 is 0.962 bits per heavy atom. The van der Waals surface area contributed by atoms with Gasteiger partial charge in [0, 0.05) is 17.2 Å². The molecule has 1 fully saturated rings. The van der Waals surface area contributed by atoms with Crippen LogP contribution in [0.2, 0.25) is 0 Å². The number of para-hydroxylation sites is 2. The molecule has 0 unspecified atom stereocenters. The normalized spacial score (nSPS) is 14.5. The van der Waals surface area contributed by atoms with E-state index >= 15 is 0 Å². The van der Waals surface area contributed by atoms with Crippen LogP contribution in [0.5, 0.6) is 5.75 Å². The molecular formula is C21H24N2O3. The molecule has 5 nitrogen and oxygen atoms in total. The van der Waals surface area contributed by atoms with Crippen LogP contribution in [0.3, 0.4) is 0 Å². The highest BCUT2D eigenvalue weighted by Gasteiger charge is 2.21. The van der Waals surface area contributed by atoms with E-state index in [1.807, 2.05) is 12.1 Å². The fourth-order valence-electron chi connectivity index (χ4n) is 3.29. The molecule has 0 bridgehead atoms. The largest absolute Gasteiger partial charge is 0.495 e. The summed E-state index contributed by atoms with van der Waals surface area (Å²) in [4.78, 5) is 24.9. The van der Waals surface area contributed by atoms with Crippen molar-refractivity contribution in [3.05, 3.63) is 54.1 Å². The first kappa shape index (κ1) is 18.0. The Hall–Kier alpha value is -2.82. The van der Waals surface area contributed by atoms with Crippen LogP contribution in [0.15, 0.2) is 48.5 Å². The van der Waals surface area contributed by atoms with Gasteiger partial charge in [0.05, 0.1) is 12.8 Å². The van der Waals surface area contributed by atoms with E-state index in [2.05, 4.69) is 10.6 Å². The first-order valence-electron chi connectivity index (χ1n) is 9.02. The molecule has 26 heavy (non-hydrogen) atoms. The highest BCUT2D eigenvalue weighted by molar-refractivity contribution is 6.06. The predicted molar refractivity (Wildman–Crippen MR) is 103 cm³/mol. The quantitative estimate of drug-likeness (QED) is 0.834. The van der Waals surface area contributed by atoms with Crippen molar-refractivity contribution < 1.29 is 14.3 Å². The molecule has 2 aromatic rings. The molecule has 0 saturated heterocycles. The zero-order valence-electron chi connectivity index (χ0n) is 15.0. The fourth-order valence-corrected chi connectivity index (χ4v) is 3.29. The van der Waals surface area contributed by atoms with Crippen molar-refractivity contribution in [2.45, 2.75) is 32.1 Å². The number of hydrogen-bond acceptors (Lipinski definition) is 3. The summed E-state index contributed by atoms with van der Waals surface area (Å²) in [5, 5.41) is 5.79. The zero-order valence-corrected chi connectivity index (χ0v) is 15.0. The van der Waals surface area contributed by atoms with Gasteiger partial charge in [-0.15, -0.1) is 0 Å². The number of nitrogens with one attached hydrogen (secondary N) is 2. The van der Waals surface area contributed by atoms with Gasteiger partial charge in [0.15, 0.2) is 0 Å². The molecule has 5 heteroatoms. The number of ether oxygens (including phenoxy) is 1. The second-order valence-electron chi connectivity index (χ2n) is 6.56. The highest BCUT2D eigenvalue weighted by atomic mass is 16.5. The Bertz CT molecular complexity index is 782. The number of benzene rings is 2. The van der Waals surface area contributed by atoms with Gasteiger partial charge in [-0.05, 0) is 43.2 Å². The molecule has 2 N–H and O–H groups in total. The lowest BCUT2D eigenvalue weighted by atomic mass is 9.88. The summed E-state index contributed by atoms with van der Waals surface area (Å²) in [6, 6.07) is 14.2. The molecule has 0 heterocycles. The lowest BCUT2D eigenvalue weighted by Gasteiger charge is -2.20. The first-order valence-corrected chi connectivity index (χ1v) is 9.02. The molecule has 0 atom stereocenters. The molecule has 1 aliphatic carbocycles. The van der Waals surface area contributed by atoms with Gasteiger partial charge in [-0.1, -0.05) is 37.5 Å². The maximum atomic E-state index is 12.5. The summed E-state index contributed by atoms with van der Waals surface area (Å²) in [5.74, 6) is 0.479. The summed E-state index contributed by atoms with van der Waals surface area (Å²) >= 11 is 0. The molecule has 0 aliphatic heterocycles. The third-order valence-electron chi connectivity index (χ3n) is 4.72. The third-order valence-corrected chi connectivity index (χ3v) is 4.72. The molecule has 1 saturated carbocycles. The fraction of sp³-hybridized carbons (Fsp3) is 0.333. The van der Waals surface area contributed by atoms with Crippen LogP contribution in [0.25, 0.3) is 0 Å². The number of anilines is 2. The van der Waals surface area contributed by atoms with Crippen LogP contribution in [0, 0.1) is 5.92 Å². The Morgan fingerprint density at radius 2 is 1.73 bits per heavy atom. The van der Waals surface area contributed by atoms with E-state index in [1.54, 1.807) is 43.5 Å². The monoisotopic (exact) mass is 352 g/mol. The van der Waals surface area contributed by atoms with Crippen molar-refractivity contribution in [2.75, 3.05) is 17.7 Å². The van der Waals surface area contributed by atoms with Gasteiger partial charge in [-0.3, -0.25) is 9.59 Å². The summed E-state index contributed by atoms with van der Waals surface area (Å²) in [6.07, 6.45) is 5.32. The van der Waals surface area contributed by atoms with Crippen molar-refractivity contribution in [3.8, 4) is 5.75 Å². The summed E-state index contributed by atoms with van der Waals surface area (Å²) in [7, 11) is 1.56. The van der Waals surface area contributed by atoms with E-state index in [9.17, 15) is 9.59 Å². The molecule has 3 rings (SSSR count). The molecule has 0 spiro atoms. The Balaban J connectivity index is 1.68. The molecule has 136 valence electrons. The minimum Gasteiger partial charge on any atom is -0.495 e. The first-order chi connectivity index (χ1) is 12.7. The molecular weight excluding hydrogens is 328 g/mol. The van der Waals surface area contributed by atoms with E-state index in [4.69, 9.17) is 4.74 Å². The van der Waals surface area contributed by atoms with E-state index in [1.165, 1.54) is 6.42 Å². The standard InChI is InChI=1S/C21H24N2O3/c1-26-19-13-6-5-12-18(19)23-21(25)16-10-7-11-17(14-16)22-20(24)15-8-3-2-4-9-15/h5-7,10-15H,2-4,8-9H2,1H3,(H,22,24)(H,23,25). The Kier molecular flexibility index (Phi) is 5.89. The molecule has 2 aromatic carbocycles. The van der Waals surface area contributed by atoms with E-state index < -0.39 is 0 Å². The summed E-state index contributed by atoms with van der Waals surface area (Å²) < 4.78 is 5.25. The van der Waals surface area contributed by atoms with Gasteiger partial charge in [0.1, 0.15) is 5.75 Å². The van der Waals surface area contributed by atoms with Gasteiger partial charge in [-0.2, -0.15) is 0 Å². The zero-order chi connectivity index (χ0) is 18.4. The van der Waals surface area contributed by atoms with Crippen LogP contribution in [-0.4, -0.2) is 18.9 Å². The van der Waals surface area contributed by atoms with Crippen molar-refractivity contribution in [1.82, 2.24) is 0 Å². The number of carbonyl (C=O) groups excluding carboxylic acids is 2. The lowest BCUT2D eigenvalue weighted by Crippen LogP contribution is -2.24. The average molecular weight is 352 g/mol. The molecule has 0 radical (unpaired) electrons. The minimum atomic E-state index is -0.247. The van der Waals surface area contributed by atoms with Gasteiger partial charge >= 0.3 is 0 Å². The van der Waals surface area contributed by atoms with Crippen molar-refractivity contribution >= 4 is 23.2 Å². The number of amides is 2. The number of rotatable bonds is 5. The maximum absolute atomic E-state index is 12.5. The maximum Gasteiger partial charge on any atom is 0.255 e. The topological polar surface area (TPSA) is 67.4 Å². The number of hydrogen-bond donors (Lipinski definition) is 2. The molecule has 2 amide bonds. The summed E-state index contributed by atoms with van der Waals surface area (Å²) in [5.41, 5.74) is 1.74. The Labute approximate surface area is 153 Å². The van der Waals surface area contributed by atoms with E-state index in [0.717, 1.165) is 25.7 Å². The van der Waals surface area contributed by atoms with Crippen molar-refractivity contribution in [3.63, 3.8) is 0 Å². The van der Waals surface area contributed by atoms with Crippen LogP contribution in [0.4, 0.5) is 11.4 Å². The lowest BCUT2D eigenvalue weighted by molar-refractivity contribution is -0.120. The minimum absolute atomic E-state index is 0.0481. The highest BCUT2D eigenvalue weighted by Crippen LogP contribution is 2.26. The molecule has 0 aromatic heterocycles. The van der Waals surface area contributed by atoms with Gasteiger partial charge in [0.25, 0.3) is 5.91 Å². The SMILES string of the molecule is COc1ccccc1NC(=O)c1cccc(NC(=O)C2CCCCC2)c1. The summed E-state index contributed by atoms with van der Waals surface area (Å²) in [6.45, 7) is 0. The third kappa shape index (κ3) is 4.42. The average Bonchev–Trinajstić information content (AvgIpc) is 2.69. The van der Waals surface area contributed by atoms with Crippen LogP contribution >= 0.6 is 0 Å². The van der Waals surface area contributed by atoms with Crippen molar-refractivity contribution in [2.24, 2.45) is 5.92 Å². The van der Waals surface area contributed by atoms with Crippen LogP contribution in [0.1, 0.15) is 42.5 Å². The van der Waals surface area contributed by atoms with Gasteiger partial charge in [0.2, 0.25) is 5.91 Å². The van der Waals surface area contributed by atoms with E-state index in [0.29, 0.717) is 22.7 Å². The van der Waals surface area contributed by atoms with Crippen LogP contribution < -0.4 is 15.4 Å². The second kappa shape index (κ2) is 8.52. The second-order valence-corrected chi connectivity index (χ2v) is 6.56.